The van der Waals surface area contributed by atoms with Crippen LogP contribution in [0.15, 0.2) is 17.3 Å². The number of nitrogens with one attached hydrogen (secondary N) is 1. The molecule has 0 aliphatic carbocycles. The van der Waals surface area contributed by atoms with Gasteiger partial charge in [-0.3, -0.25) is 14.9 Å². The molecule has 0 aliphatic rings. The average molecular weight is 310 g/mol. The van der Waals surface area contributed by atoms with Crippen LogP contribution in [0, 0.1) is 21.4 Å². The number of hydrogen-bond donors (Lipinski definition) is 2. The SMILES string of the molecule is CC(=O)N[C@@H](CSc1ncc(C#N)cc1[N+](=O)[O-])C(=O)O. The quantitative estimate of drug-likeness (QED) is 0.439. The third kappa shape index (κ3) is 4.73. The van der Waals surface area contributed by atoms with E-state index in [1.165, 1.54) is 6.92 Å². The highest BCUT2D eigenvalue weighted by Gasteiger charge is 2.22. The second-order valence-corrected chi connectivity index (χ2v) is 4.83. The Bertz CT molecular complexity index is 628. The first-order valence-electron chi connectivity index (χ1n) is 5.52. The highest BCUT2D eigenvalue weighted by molar-refractivity contribution is 7.99. The molecule has 0 unspecified atom stereocenters. The lowest BCUT2D eigenvalue weighted by Crippen LogP contribution is -2.41. The number of nitrogens with zero attached hydrogens (tertiary/aromatic N) is 3. The number of hydrogen-bond acceptors (Lipinski definition) is 7. The van der Waals surface area contributed by atoms with E-state index in [4.69, 9.17) is 10.4 Å². The molecule has 0 bridgehead atoms. The fraction of sp³-hybridized carbons (Fsp3) is 0.273. The van der Waals surface area contributed by atoms with Crippen molar-refractivity contribution >= 4 is 29.3 Å². The number of rotatable bonds is 6. The lowest BCUT2D eigenvalue weighted by Gasteiger charge is -2.12. The van der Waals surface area contributed by atoms with Gasteiger partial charge in [0.1, 0.15) is 12.1 Å². The molecular weight excluding hydrogens is 300 g/mol. The van der Waals surface area contributed by atoms with E-state index in [1.54, 1.807) is 6.07 Å². The van der Waals surface area contributed by atoms with E-state index < -0.39 is 22.8 Å². The van der Waals surface area contributed by atoms with Gasteiger partial charge in [-0.15, -0.1) is 0 Å². The maximum absolute atomic E-state index is 11.0. The first kappa shape index (κ1) is 16.4. The fourth-order valence-corrected chi connectivity index (χ4v) is 2.29. The zero-order valence-corrected chi connectivity index (χ0v) is 11.6. The van der Waals surface area contributed by atoms with Gasteiger partial charge < -0.3 is 10.4 Å². The van der Waals surface area contributed by atoms with Crippen LogP contribution in [0.2, 0.25) is 0 Å². The lowest BCUT2D eigenvalue weighted by molar-refractivity contribution is -0.388. The van der Waals surface area contributed by atoms with E-state index in [2.05, 4.69) is 10.3 Å². The second-order valence-electron chi connectivity index (χ2n) is 3.82. The Morgan fingerprint density at radius 1 is 1.67 bits per heavy atom. The molecule has 1 heterocycles. The van der Waals surface area contributed by atoms with Gasteiger partial charge in [-0.2, -0.15) is 5.26 Å². The number of aromatic nitrogens is 1. The Morgan fingerprint density at radius 3 is 2.81 bits per heavy atom. The van der Waals surface area contributed by atoms with Gasteiger partial charge in [0.05, 0.1) is 10.5 Å². The minimum absolute atomic E-state index is 0.0180. The molecule has 9 nitrogen and oxygen atoms in total. The van der Waals surface area contributed by atoms with E-state index in [-0.39, 0.29) is 22.0 Å². The molecule has 1 atom stereocenters. The fourth-order valence-electron chi connectivity index (χ4n) is 1.33. The first-order valence-corrected chi connectivity index (χ1v) is 6.51. The van der Waals surface area contributed by atoms with Crippen molar-refractivity contribution in [3.05, 3.63) is 27.9 Å². The predicted molar refractivity (Wildman–Crippen MR) is 71.6 cm³/mol. The highest BCUT2D eigenvalue weighted by atomic mass is 32.2. The molecule has 0 spiro atoms. The summed E-state index contributed by atoms with van der Waals surface area (Å²) in [6.45, 7) is 1.17. The first-order chi connectivity index (χ1) is 9.85. The van der Waals surface area contributed by atoms with Gasteiger partial charge in [-0.05, 0) is 0 Å². The maximum Gasteiger partial charge on any atom is 0.327 e. The topological polar surface area (TPSA) is 146 Å². The van der Waals surface area contributed by atoms with Gasteiger partial charge in [-0.1, -0.05) is 11.8 Å². The second kappa shape index (κ2) is 7.20. The molecule has 0 aliphatic heterocycles. The molecule has 0 saturated heterocycles. The van der Waals surface area contributed by atoms with E-state index in [9.17, 15) is 19.7 Å². The van der Waals surface area contributed by atoms with Gasteiger partial charge >= 0.3 is 11.7 Å². The molecule has 0 fully saturated rings. The molecule has 2 N–H and O–H groups in total. The third-order valence-corrected chi connectivity index (χ3v) is 3.31. The summed E-state index contributed by atoms with van der Waals surface area (Å²) in [5, 5.41) is 30.7. The smallest absolute Gasteiger partial charge is 0.327 e. The van der Waals surface area contributed by atoms with Crippen molar-refractivity contribution in [2.24, 2.45) is 0 Å². The normalized spacial score (nSPS) is 11.2. The minimum atomic E-state index is -1.26. The third-order valence-electron chi connectivity index (χ3n) is 2.22. The molecule has 0 saturated carbocycles. The summed E-state index contributed by atoms with van der Waals surface area (Å²) in [6.07, 6.45) is 1.16. The summed E-state index contributed by atoms with van der Waals surface area (Å²) in [6, 6.07) is 1.60. The monoisotopic (exact) mass is 310 g/mol. The molecule has 0 aromatic carbocycles. The Balaban J connectivity index is 2.92. The van der Waals surface area contributed by atoms with Gasteiger partial charge in [-0.25, -0.2) is 9.78 Å². The van der Waals surface area contributed by atoms with Crippen LogP contribution in [0.25, 0.3) is 0 Å². The standard InChI is InChI=1S/C11H10N4O5S/c1-6(16)14-8(11(17)18)5-21-10-9(15(19)20)2-7(3-12)4-13-10/h2,4,8H,5H2,1H3,(H,14,16)(H,17,18)/t8-/m0/s1. The van der Waals surface area contributed by atoms with E-state index in [0.29, 0.717) is 0 Å². The van der Waals surface area contributed by atoms with Gasteiger partial charge in [0.15, 0.2) is 5.03 Å². The number of aliphatic carboxylic acids is 1. The largest absolute Gasteiger partial charge is 0.480 e. The van der Waals surface area contributed by atoms with E-state index in [0.717, 1.165) is 24.0 Å². The molecule has 110 valence electrons. The van der Waals surface area contributed by atoms with Crippen LogP contribution in [0.1, 0.15) is 12.5 Å². The molecule has 1 rings (SSSR count). The molecule has 1 aromatic heterocycles. The summed E-state index contributed by atoms with van der Waals surface area (Å²) >= 11 is 0.815. The van der Waals surface area contributed by atoms with E-state index in [1.807, 2.05) is 0 Å². The Kier molecular flexibility index (Phi) is 5.62. The van der Waals surface area contributed by atoms with Gasteiger partial charge in [0, 0.05) is 24.9 Å². The molecule has 0 radical (unpaired) electrons. The van der Waals surface area contributed by atoms with Crippen molar-refractivity contribution in [2.45, 2.75) is 18.0 Å². The zero-order chi connectivity index (χ0) is 16.0. The number of thioether (sulfide) groups is 1. The van der Waals surface area contributed by atoms with Gasteiger partial charge in [0.2, 0.25) is 5.91 Å². The summed E-state index contributed by atoms with van der Waals surface area (Å²) in [5.41, 5.74) is -0.353. The average Bonchev–Trinajstić information content (AvgIpc) is 2.42. The van der Waals surface area contributed by atoms with Crippen LogP contribution < -0.4 is 5.32 Å². The van der Waals surface area contributed by atoms with Crippen LogP contribution in [0.4, 0.5) is 5.69 Å². The zero-order valence-electron chi connectivity index (χ0n) is 10.8. The number of nitriles is 1. The lowest BCUT2D eigenvalue weighted by atomic mass is 10.3. The molecule has 10 heteroatoms. The minimum Gasteiger partial charge on any atom is -0.480 e. The van der Waals surface area contributed by atoms with Crippen LogP contribution in [-0.4, -0.2) is 38.7 Å². The van der Waals surface area contributed by atoms with Crippen LogP contribution >= 0.6 is 11.8 Å². The van der Waals surface area contributed by atoms with Crippen LogP contribution in [0.3, 0.4) is 0 Å². The number of amides is 1. The molecule has 1 amide bonds. The number of pyridine rings is 1. The number of nitro groups is 1. The van der Waals surface area contributed by atoms with Crippen molar-refractivity contribution < 1.29 is 19.6 Å². The van der Waals surface area contributed by atoms with Crippen LogP contribution in [-0.2, 0) is 9.59 Å². The van der Waals surface area contributed by atoms with Crippen molar-refractivity contribution in [3.8, 4) is 6.07 Å². The summed E-state index contributed by atoms with van der Waals surface area (Å²) < 4.78 is 0. The Morgan fingerprint density at radius 2 is 2.33 bits per heavy atom. The van der Waals surface area contributed by atoms with Gasteiger partial charge in [0.25, 0.3) is 0 Å². The molecule has 1 aromatic rings. The number of carbonyl (C=O) groups excluding carboxylic acids is 1. The molecule has 21 heavy (non-hydrogen) atoms. The number of carboxylic acids is 1. The maximum atomic E-state index is 11.0. The Hall–Kier alpha value is -2.67. The van der Waals surface area contributed by atoms with Crippen molar-refractivity contribution in [3.63, 3.8) is 0 Å². The Labute approximate surface area is 123 Å². The summed E-state index contributed by atoms with van der Waals surface area (Å²) in [5.74, 6) is -1.91. The van der Waals surface area contributed by atoms with Crippen molar-refractivity contribution in [1.82, 2.24) is 10.3 Å². The van der Waals surface area contributed by atoms with Crippen molar-refractivity contribution in [2.75, 3.05) is 5.75 Å². The van der Waals surface area contributed by atoms with Crippen molar-refractivity contribution in [1.29, 1.82) is 5.26 Å². The van der Waals surface area contributed by atoms with Crippen LogP contribution in [0.5, 0.6) is 0 Å². The number of carboxylic acid groups (broad SMARTS) is 1. The van der Waals surface area contributed by atoms with E-state index >= 15 is 0 Å². The number of carbonyl (C=O) groups is 2. The summed E-state index contributed by atoms with van der Waals surface area (Å²) in [7, 11) is 0. The predicted octanol–water partition coefficient (Wildman–Crippen LogP) is 0.543. The molecular formula is C11H10N4O5S. The summed E-state index contributed by atoms with van der Waals surface area (Å²) in [4.78, 5) is 35.8. The highest BCUT2D eigenvalue weighted by Crippen LogP contribution is 2.28.